The van der Waals surface area contributed by atoms with E-state index in [1.165, 1.54) is 0 Å². The average Bonchev–Trinajstić information content (AvgIpc) is 2.56. The Balaban J connectivity index is 2.14. The second-order valence-corrected chi connectivity index (χ2v) is 6.20. The minimum Gasteiger partial charge on any atom is -0.247 e. The van der Waals surface area contributed by atoms with Gasteiger partial charge in [-0.1, -0.05) is 54.1 Å². The Labute approximate surface area is 127 Å². The molecule has 1 unspecified atom stereocenters. The zero-order valence-electron chi connectivity index (χ0n) is 11.7. The Bertz CT molecular complexity index is 770. The number of aromatic nitrogens is 1. The Morgan fingerprint density at radius 3 is 2.38 bits per heavy atom. The van der Waals surface area contributed by atoms with Crippen LogP contribution in [0.5, 0.6) is 0 Å². The first-order valence-electron chi connectivity index (χ1n) is 6.74. The van der Waals surface area contributed by atoms with Crippen LogP contribution in [0.4, 0.5) is 0 Å². The van der Waals surface area contributed by atoms with Crippen LogP contribution in [0.25, 0.3) is 11.1 Å². The van der Waals surface area contributed by atoms with Crippen molar-refractivity contribution in [1.29, 1.82) is 0 Å². The summed E-state index contributed by atoms with van der Waals surface area (Å²) in [7, 11) is -1.28. The maximum absolute atomic E-state index is 12.8. The molecule has 1 heterocycles. The first-order valence-corrected chi connectivity index (χ1v) is 7.89. The van der Waals surface area contributed by atoms with E-state index in [1.54, 1.807) is 12.3 Å². The summed E-state index contributed by atoms with van der Waals surface area (Å²) in [5.74, 6) is 0. The van der Waals surface area contributed by atoms with E-state index in [1.807, 2.05) is 61.5 Å². The van der Waals surface area contributed by atoms with Gasteiger partial charge in [0.15, 0.2) is 0 Å². The van der Waals surface area contributed by atoms with Gasteiger partial charge in [-0.3, -0.25) is 0 Å². The smallest absolute Gasteiger partial charge is 0.132 e. The minimum atomic E-state index is -1.28. The van der Waals surface area contributed by atoms with Gasteiger partial charge in [-0.2, -0.15) is 0 Å². The van der Waals surface area contributed by atoms with Crippen molar-refractivity contribution in [1.82, 2.24) is 4.98 Å². The molecule has 0 aliphatic rings. The van der Waals surface area contributed by atoms with E-state index in [4.69, 9.17) is 0 Å². The number of hydrogen-bond donors (Lipinski definition) is 0. The zero-order chi connectivity index (χ0) is 14.7. The van der Waals surface area contributed by atoms with Gasteiger partial charge in [0, 0.05) is 6.20 Å². The predicted molar refractivity (Wildman–Crippen MR) is 85.5 cm³/mol. The van der Waals surface area contributed by atoms with Crippen molar-refractivity contribution in [3.63, 3.8) is 0 Å². The molecule has 0 spiro atoms. The summed E-state index contributed by atoms with van der Waals surface area (Å²) in [6, 6.07) is 21.5. The number of pyridine rings is 1. The van der Waals surface area contributed by atoms with Gasteiger partial charge in [-0.15, -0.1) is 0 Å². The monoisotopic (exact) mass is 293 g/mol. The molecule has 0 saturated heterocycles. The maximum atomic E-state index is 12.8. The molecule has 2 aromatic carbocycles. The third-order valence-corrected chi connectivity index (χ3v) is 4.62. The molecule has 0 amide bonds. The lowest BCUT2D eigenvalue weighted by atomic mass is 10.0. The van der Waals surface area contributed by atoms with Crippen molar-refractivity contribution in [2.45, 2.75) is 16.8 Å². The van der Waals surface area contributed by atoms with Crippen molar-refractivity contribution in [3.05, 3.63) is 78.5 Å². The highest BCUT2D eigenvalue weighted by atomic mass is 32.2. The van der Waals surface area contributed by atoms with E-state index < -0.39 is 10.8 Å². The maximum Gasteiger partial charge on any atom is 0.132 e. The summed E-state index contributed by atoms with van der Waals surface area (Å²) in [5, 5.41) is 0.582. The van der Waals surface area contributed by atoms with Crippen molar-refractivity contribution in [2.24, 2.45) is 0 Å². The first-order chi connectivity index (χ1) is 10.3. The van der Waals surface area contributed by atoms with Crippen LogP contribution in [-0.2, 0) is 10.8 Å². The van der Waals surface area contributed by atoms with Crippen LogP contribution in [0.2, 0.25) is 0 Å². The molecule has 104 valence electrons. The van der Waals surface area contributed by atoms with Crippen LogP contribution in [0.1, 0.15) is 5.56 Å². The molecule has 0 fully saturated rings. The van der Waals surface area contributed by atoms with E-state index in [-0.39, 0.29) is 0 Å². The van der Waals surface area contributed by atoms with Gasteiger partial charge in [0.2, 0.25) is 0 Å². The first kappa shape index (κ1) is 13.7. The predicted octanol–water partition coefficient (Wildman–Crippen LogP) is 4.22. The van der Waals surface area contributed by atoms with Crippen molar-refractivity contribution < 1.29 is 4.21 Å². The lowest BCUT2D eigenvalue weighted by Gasteiger charge is -2.10. The Kier molecular flexibility index (Phi) is 3.93. The van der Waals surface area contributed by atoms with Crippen LogP contribution < -0.4 is 0 Å². The summed E-state index contributed by atoms with van der Waals surface area (Å²) in [4.78, 5) is 5.01. The van der Waals surface area contributed by atoms with Crippen LogP contribution in [0.3, 0.4) is 0 Å². The Morgan fingerprint density at radius 2 is 1.67 bits per heavy atom. The molecule has 3 aromatic rings. The number of nitrogens with zero attached hydrogens (tertiary/aromatic N) is 1. The number of hydrogen-bond acceptors (Lipinski definition) is 2. The second-order valence-electron chi connectivity index (χ2n) is 4.80. The summed E-state index contributed by atoms with van der Waals surface area (Å²) < 4.78 is 12.8. The summed E-state index contributed by atoms with van der Waals surface area (Å²) in [6.07, 6.45) is 1.67. The molecule has 1 aromatic heterocycles. The lowest BCUT2D eigenvalue weighted by Crippen LogP contribution is -1.98. The summed E-state index contributed by atoms with van der Waals surface area (Å²) in [6.45, 7) is 2.04. The third kappa shape index (κ3) is 2.93. The highest BCUT2D eigenvalue weighted by Gasteiger charge is 2.14. The second kappa shape index (κ2) is 6.02. The van der Waals surface area contributed by atoms with E-state index >= 15 is 0 Å². The molecule has 3 rings (SSSR count). The van der Waals surface area contributed by atoms with Gasteiger partial charge in [-0.25, -0.2) is 9.19 Å². The average molecular weight is 293 g/mol. The van der Waals surface area contributed by atoms with Gasteiger partial charge in [-0.05, 0) is 36.2 Å². The van der Waals surface area contributed by atoms with Gasteiger partial charge in [0.1, 0.15) is 15.8 Å². The normalized spacial score (nSPS) is 12.0. The minimum absolute atomic E-state index is 0.582. The van der Waals surface area contributed by atoms with E-state index in [9.17, 15) is 4.21 Å². The van der Waals surface area contributed by atoms with Crippen LogP contribution >= 0.6 is 0 Å². The fraction of sp³-hybridized carbons (Fsp3) is 0.0556. The summed E-state index contributed by atoms with van der Waals surface area (Å²) in [5.41, 5.74) is 3.22. The van der Waals surface area contributed by atoms with E-state index in [2.05, 4.69) is 11.1 Å². The SMILES string of the molecule is Cc1ccc(S(=O)c2ccccn2)c(-c2ccccc2)c1. The fourth-order valence-corrected chi connectivity index (χ4v) is 3.37. The molecular weight excluding hydrogens is 278 g/mol. The molecule has 0 N–H and O–H groups in total. The molecule has 0 saturated carbocycles. The number of rotatable bonds is 3. The largest absolute Gasteiger partial charge is 0.247 e. The van der Waals surface area contributed by atoms with Crippen molar-refractivity contribution in [3.8, 4) is 11.1 Å². The molecule has 2 nitrogen and oxygen atoms in total. The van der Waals surface area contributed by atoms with Gasteiger partial charge in [0.25, 0.3) is 0 Å². The quantitative estimate of drug-likeness (QED) is 0.723. The van der Waals surface area contributed by atoms with Crippen LogP contribution in [0.15, 0.2) is 82.8 Å². The summed E-state index contributed by atoms with van der Waals surface area (Å²) >= 11 is 0. The number of aryl methyl sites for hydroxylation is 1. The van der Waals surface area contributed by atoms with Gasteiger partial charge >= 0.3 is 0 Å². The lowest BCUT2D eigenvalue weighted by molar-refractivity contribution is 0.680. The highest BCUT2D eigenvalue weighted by Crippen LogP contribution is 2.29. The fourth-order valence-electron chi connectivity index (χ4n) is 2.22. The van der Waals surface area contributed by atoms with E-state index in [0.717, 1.165) is 21.6 Å². The zero-order valence-corrected chi connectivity index (χ0v) is 12.5. The topological polar surface area (TPSA) is 30.0 Å². The molecular formula is C18H15NOS. The molecule has 0 bridgehead atoms. The Hall–Kier alpha value is -2.26. The van der Waals surface area contributed by atoms with Crippen LogP contribution in [0, 0.1) is 6.92 Å². The standard InChI is InChI=1S/C18H15NOS/c1-14-10-11-17(21(20)18-9-5-6-12-19-18)16(13-14)15-7-3-2-4-8-15/h2-13H,1H3. The molecule has 21 heavy (non-hydrogen) atoms. The molecule has 1 atom stereocenters. The third-order valence-electron chi connectivity index (χ3n) is 3.25. The Morgan fingerprint density at radius 1 is 0.905 bits per heavy atom. The van der Waals surface area contributed by atoms with Gasteiger partial charge in [0.05, 0.1) is 4.90 Å². The van der Waals surface area contributed by atoms with E-state index in [0.29, 0.717) is 5.03 Å². The molecule has 0 aliphatic heterocycles. The molecule has 3 heteroatoms. The molecule has 0 aliphatic carbocycles. The van der Waals surface area contributed by atoms with Crippen LogP contribution in [-0.4, -0.2) is 9.19 Å². The van der Waals surface area contributed by atoms with Crippen molar-refractivity contribution >= 4 is 10.8 Å². The van der Waals surface area contributed by atoms with Gasteiger partial charge < -0.3 is 0 Å². The van der Waals surface area contributed by atoms with Crippen molar-refractivity contribution in [2.75, 3.05) is 0 Å². The highest BCUT2D eigenvalue weighted by molar-refractivity contribution is 7.85. The number of benzene rings is 2. The molecule has 0 radical (unpaired) electrons.